The van der Waals surface area contributed by atoms with Gasteiger partial charge in [0.05, 0.1) is 6.61 Å². The molecule has 0 amide bonds. The van der Waals surface area contributed by atoms with E-state index in [9.17, 15) is 0 Å². The summed E-state index contributed by atoms with van der Waals surface area (Å²) in [5.74, 6) is 1.59. The van der Waals surface area contributed by atoms with Crippen molar-refractivity contribution in [3.8, 4) is 5.75 Å². The van der Waals surface area contributed by atoms with E-state index in [4.69, 9.17) is 4.74 Å². The van der Waals surface area contributed by atoms with Gasteiger partial charge in [-0.1, -0.05) is 51.8 Å². The smallest absolute Gasteiger partial charge is 0.122 e. The first-order chi connectivity index (χ1) is 9.75. The van der Waals surface area contributed by atoms with Gasteiger partial charge in [-0.2, -0.15) is 0 Å². The van der Waals surface area contributed by atoms with Gasteiger partial charge in [-0.05, 0) is 49.9 Å². The molecule has 1 N–H and O–H groups in total. The minimum atomic E-state index is 0.524. The number of nitrogens with one attached hydrogen (secondary N) is 1. The van der Waals surface area contributed by atoms with Gasteiger partial charge in [0.2, 0.25) is 0 Å². The first-order valence-corrected chi connectivity index (χ1v) is 8.18. The monoisotopic (exact) mass is 277 g/mol. The second kappa shape index (κ2) is 10.7. The molecular weight excluding hydrogens is 246 g/mol. The normalized spacial score (nSPS) is 11.0. The lowest BCUT2D eigenvalue weighted by Gasteiger charge is -2.13. The van der Waals surface area contributed by atoms with Crippen molar-refractivity contribution >= 4 is 0 Å². The van der Waals surface area contributed by atoms with Crippen LogP contribution in [-0.2, 0) is 0 Å². The maximum Gasteiger partial charge on any atom is 0.122 e. The van der Waals surface area contributed by atoms with E-state index in [0.29, 0.717) is 5.92 Å². The highest BCUT2D eigenvalue weighted by atomic mass is 16.5. The van der Waals surface area contributed by atoms with E-state index in [1.165, 1.54) is 31.2 Å². The molecule has 0 radical (unpaired) electrons. The molecule has 0 saturated carbocycles. The van der Waals surface area contributed by atoms with Crippen molar-refractivity contribution < 1.29 is 4.74 Å². The molecule has 2 heteroatoms. The number of hydrogen-bond donors (Lipinski definition) is 1. The molecule has 1 aromatic carbocycles. The van der Waals surface area contributed by atoms with Crippen LogP contribution in [0.15, 0.2) is 24.3 Å². The van der Waals surface area contributed by atoms with Crippen LogP contribution < -0.4 is 10.1 Å². The second-order valence-electron chi connectivity index (χ2n) is 5.71. The third kappa shape index (κ3) is 6.95. The van der Waals surface area contributed by atoms with Crippen LogP contribution in [0.2, 0.25) is 0 Å². The standard InChI is InChI=1S/C18H31NO/c1-4-13-19-14-9-5-6-10-15-20-18-12-8-7-11-17(18)16(2)3/h7-8,11-12,16,19H,4-6,9-10,13-15H2,1-3H3. The van der Waals surface area contributed by atoms with Crippen LogP contribution >= 0.6 is 0 Å². The largest absolute Gasteiger partial charge is 0.493 e. The van der Waals surface area contributed by atoms with Crippen LogP contribution in [0.5, 0.6) is 5.75 Å². The van der Waals surface area contributed by atoms with Crippen LogP contribution in [0.25, 0.3) is 0 Å². The van der Waals surface area contributed by atoms with Gasteiger partial charge in [-0.25, -0.2) is 0 Å². The summed E-state index contributed by atoms with van der Waals surface area (Å²) < 4.78 is 5.93. The number of benzene rings is 1. The molecule has 0 aliphatic rings. The first kappa shape index (κ1) is 17.0. The van der Waals surface area contributed by atoms with Gasteiger partial charge in [0.1, 0.15) is 5.75 Å². The van der Waals surface area contributed by atoms with Crippen molar-refractivity contribution in [3.63, 3.8) is 0 Å². The Morgan fingerprint density at radius 3 is 2.50 bits per heavy atom. The Balaban J connectivity index is 2.10. The molecule has 0 aromatic heterocycles. The first-order valence-electron chi connectivity index (χ1n) is 8.18. The average molecular weight is 277 g/mol. The van der Waals surface area contributed by atoms with E-state index in [1.54, 1.807) is 0 Å². The van der Waals surface area contributed by atoms with E-state index >= 15 is 0 Å². The number of ether oxygens (including phenoxy) is 1. The third-order valence-electron chi connectivity index (χ3n) is 3.47. The molecular formula is C18H31NO. The van der Waals surface area contributed by atoms with E-state index in [-0.39, 0.29) is 0 Å². The molecule has 1 aromatic rings. The molecule has 0 aliphatic heterocycles. The van der Waals surface area contributed by atoms with Crippen molar-refractivity contribution in [1.82, 2.24) is 5.32 Å². The van der Waals surface area contributed by atoms with Crippen LogP contribution in [0, 0.1) is 0 Å². The predicted molar refractivity (Wildman–Crippen MR) is 87.7 cm³/mol. The van der Waals surface area contributed by atoms with Crippen molar-refractivity contribution in [3.05, 3.63) is 29.8 Å². The third-order valence-corrected chi connectivity index (χ3v) is 3.47. The zero-order valence-corrected chi connectivity index (χ0v) is 13.5. The molecule has 0 saturated heterocycles. The van der Waals surface area contributed by atoms with Crippen LogP contribution in [0.3, 0.4) is 0 Å². The van der Waals surface area contributed by atoms with Crippen molar-refractivity contribution in [2.75, 3.05) is 19.7 Å². The quantitative estimate of drug-likeness (QED) is 0.589. The van der Waals surface area contributed by atoms with Gasteiger partial charge < -0.3 is 10.1 Å². The van der Waals surface area contributed by atoms with E-state index in [2.05, 4.69) is 50.4 Å². The van der Waals surface area contributed by atoms with Gasteiger partial charge in [0.15, 0.2) is 0 Å². The molecule has 2 nitrogen and oxygen atoms in total. The predicted octanol–water partition coefficient (Wildman–Crippen LogP) is 4.75. The fraction of sp³-hybridized carbons (Fsp3) is 0.667. The molecule has 0 atom stereocenters. The van der Waals surface area contributed by atoms with Gasteiger partial charge >= 0.3 is 0 Å². The maximum absolute atomic E-state index is 5.93. The minimum Gasteiger partial charge on any atom is -0.493 e. The second-order valence-corrected chi connectivity index (χ2v) is 5.71. The summed E-state index contributed by atoms with van der Waals surface area (Å²) in [5.41, 5.74) is 1.32. The summed E-state index contributed by atoms with van der Waals surface area (Å²) >= 11 is 0. The Labute approximate surface area is 124 Å². The van der Waals surface area contributed by atoms with Gasteiger partial charge in [0, 0.05) is 0 Å². The molecule has 0 bridgehead atoms. The van der Waals surface area contributed by atoms with Crippen molar-refractivity contribution in [1.29, 1.82) is 0 Å². The van der Waals surface area contributed by atoms with Crippen LogP contribution in [0.1, 0.15) is 64.4 Å². The molecule has 0 unspecified atom stereocenters. The van der Waals surface area contributed by atoms with E-state index < -0.39 is 0 Å². The SMILES string of the molecule is CCCNCCCCCCOc1ccccc1C(C)C. The summed E-state index contributed by atoms with van der Waals surface area (Å²) in [6.07, 6.45) is 6.22. The van der Waals surface area contributed by atoms with Gasteiger partial charge in [-0.3, -0.25) is 0 Å². The highest BCUT2D eigenvalue weighted by Gasteiger charge is 2.06. The van der Waals surface area contributed by atoms with Crippen molar-refractivity contribution in [2.45, 2.75) is 58.8 Å². The number of unbranched alkanes of at least 4 members (excludes halogenated alkanes) is 3. The van der Waals surface area contributed by atoms with Crippen molar-refractivity contribution in [2.24, 2.45) is 0 Å². The summed E-state index contributed by atoms with van der Waals surface area (Å²) in [7, 11) is 0. The van der Waals surface area contributed by atoms with Crippen LogP contribution in [0.4, 0.5) is 0 Å². The van der Waals surface area contributed by atoms with Gasteiger partial charge in [0.25, 0.3) is 0 Å². The zero-order valence-electron chi connectivity index (χ0n) is 13.5. The lowest BCUT2D eigenvalue weighted by molar-refractivity contribution is 0.300. The highest BCUT2D eigenvalue weighted by molar-refractivity contribution is 5.35. The number of rotatable bonds is 11. The molecule has 0 fully saturated rings. The summed E-state index contributed by atoms with van der Waals surface area (Å²) in [4.78, 5) is 0. The lowest BCUT2D eigenvalue weighted by Crippen LogP contribution is -2.15. The highest BCUT2D eigenvalue weighted by Crippen LogP contribution is 2.25. The van der Waals surface area contributed by atoms with E-state index in [0.717, 1.165) is 31.9 Å². The Kier molecular flexibility index (Phi) is 9.14. The van der Waals surface area contributed by atoms with Crippen LogP contribution in [-0.4, -0.2) is 19.7 Å². The fourth-order valence-corrected chi connectivity index (χ4v) is 2.28. The number of hydrogen-bond acceptors (Lipinski definition) is 2. The fourth-order valence-electron chi connectivity index (χ4n) is 2.28. The summed E-state index contributed by atoms with van der Waals surface area (Å²) in [6, 6.07) is 8.40. The molecule has 0 heterocycles. The molecule has 0 aliphatic carbocycles. The summed E-state index contributed by atoms with van der Waals surface area (Å²) in [5, 5.41) is 3.44. The Morgan fingerprint density at radius 2 is 1.75 bits per heavy atom. The minimum absolute atomic E-state index is 0.524. The molecule has 114 valence electrons. The summed E-state index contributed by atoms with van der Waals surface area (Å²) in [6.45, 7) is 9.78. The van der Waals surface area contributed by atoms with E-state index in [1.807, 2.05) is 0 Å². The molecule has 20 heavy (non-hydrogen) atoms. The van der Waals surface area contributed by atoms with Gasteiger partial charge in [-0.15, -0.1) is 0 Å². The zero-order chi connectivity index (χ0) is 14.6. The molecule has 1 rings (SSSR count). The lowest BCUT2D eigenvalue weighted by atomic mass is 10.0. The topological polar surface area (TPSA) is 21.3 Å². The maximum atomic E-state index is 5.93. The Hall–Kier alpha value is -1.02. The number of para-hydroxylation sites is 1. The molecule has 0 spiro atoms. The Morgan fingerprint density at radius 1 is 1.00 bits per heavy atom. The average Bonchev–Trinajstić information content (AvgIpc) is 2.46. The Bertz CT molecular complexity index is 349.